The number of nitrogens with zero attached hydrogens (tertiary/aromatic N) is 3. The number of rotatable bonds is 7. The van der Waals surface area contributed by atoms with E-state index in [4.69, 9.17) is 18.9 Å². The number of furan rings is 1. The van der Waals surface area contributed by atoms with Crippen molar-refractivity contribution in [2.75, 3.05) is 7.11 Å². The second-order valence-corrected chi connectivity index (χ2v) is 9.27. The first kappa shape index (κ1) is 23.8. The van der Waals surface area contributed by atoms with Crippen LogP contribution in [0, 0.1) is 0 Å². The van der Waals surface area contributed by atoms with Crippen LogP contribution in [0.1, 0.15) is 25.8 Å². The summed E-state index contributed by atoms with van der Waals surface area (Å²) in [7, 11) is 1.59. The molecule has 0 unspecified atom stereocenters. The van der Waals surface area contributed by atoms with Crippen LogP contribution in [0.4, 0.5) is 0 Å². The highest BCUT2D eigenvalue weighted by Crippen LogP contribution is 2.30. The fourth-order valence-electron chi connectivity index (χ4n) is 3.80. The van der Waals surface area contributed by atoms with E-state index >= 15 is 0 Å². The molecule has 0 saturated carbocycles. The highest BCUT2D eigenvalue weighted by atomic mass is 79.9. The minimum absolute atomic E-state index is 0.0626. The predicted octanol–water partition coefficient (Wildman–Crippen LogP) is 6.64. The SMILES string of the molecule is CC[C@H](C)Oc1ccc(C=Nn2c(-c3cc4cc(Br)ccc4o3)nc3ccccc3c2=O)cc1OC. The fraction of sp³-hybridized carbons (Fsp3) is 0.179. The Hall–Kier alpha value is -3.91. The zero-order valence-corrected chi connectivity index (χ0v) is 21.7. The summed E-state index contributed by atoms with van der Waals surface area (Å²) < 4.78 is 19.7. The highest BCUT2D eigenvalue weighted by Gasteiger charge is 2.17. The van der Waals surface area contributed by atoms with E-state index in [1.165, 1.54) is 4.68 Å². The smallest absolute Gasteiger partial charge is 0.282 e. The van der Waals surface area contributed by atoms with Gasteiger partial charge in [0.1, 0.15) is 5.58 Å². The maximum absolute atomic E-state index is 13.5. The zero-order valence-electron chi connectivity index (χ0n) is 20.1. The number of hydrogen-bond donors (Lipinski definition) is 0. The number of para-hydroxylation sites is 1. The van der Waals surface area contributed by atoms with Crippen molar-refractivity contribution in [2.24, 2.45) is 5.10 Å². The molecule has 0 radical (unpaired) electrons. The molecule has 5 rings (SSSR count). The number of aromatic nitrogens is 2. The van der Waals surface area contributed by atoms with Crippen molar-refractivity contribution in [2.45, 2.75) is 26.4 Å². The minimum atomic E-state index is -0.294. The van der Waals surface area contributed by atoms with E-state index in [9.17, 15) is 4.79 Å². The number of methoxy groups -OCH3 is 1. The Bertz CT molecular complexity index is 1650. The fourth-order valence-corrected chi connectivity index (χ4v) is 4.18. The lowest BCUT2D eigenvalue weighted by Gasteiger charge is -2.15. The molecular formula is C28H24BrN3O4. The van der Waals surface area contributed by atoms with Gasteiger partial charge in [0, 0.05) is 9.86 Å². The van der Waals surface area contributed by atoms with E-state index < -0.39 is 0 Å². The van der Waals surface area contributed by atoms with Gasteiger partial charge in [-0.05, 0) is 73.5 Å². The van der Waals surface area contributed by atoms with Gasteiger partial charge in [0.05, 0.1) is 30.3 Å². The maximum Gasteiger partial charge on any atom is 0.282 e. The monoisotopic (exact) mass is 545 g/mol. The summed E-state index contributed by atoms with van der Waals surface area (Å²) in [4.78, 5) is 18.2. The molecule has 8 heteroatoms. The quantitative estimate of drug-likeness (QED) is 0.214. The van der Waals surface area contributed by atoms with Crippen LogP contribution in [0.2, 0.25) is 0 Å². The first-order chi connectivity index (χ1) is 17.5. The highest BCUT2D eigenvalue weighted by molar-refractivity contribution is 9.10. The standard InChI is InChI=1S/C28H24BrN3O4/c1-4-17(2)35-24-11-9-18(13-25(24)34-3)16-30-32-27(31-22-8-6-5-7-21(22)28(32)33)26-15-19-14-20(29)10-12-23(19)36-26/h5-17H,4H2,1-3H3/t17-/m0/s1. The summed E-state index contributed by atoms with van der Waals surface area (Å²) in [5.41, 5.74) is 1.70. The molecule has 3 aromatic carbocycles. The van der Waals surface area contributed by atoms with Gasteiger partial charge in [0.25, 0.3) is 5.56 Å². The van der Waals surface area contributed by atoms with E-state index in [-0.39, 0.29) is 11.7 Å². The number of benzene rings is 3. The third-order valence-corrected chi connectivity index (χ3v) is 6.36. The molecule has 182 valence electrons. The lowest BCUT2D eigenvalue weighted by molar-refractivity contribution is 0.207. The maximum atomic E-state index is 13.5. The van der Waals surface area contributed by atoms with E-state index in [1.54, 1.807) is 31.5 Å². The molecule has 0 aliphatic carbocycles. The largest absolute Gasteiger partial charge is 0.493 e. The van der Waals surface area contributed by atoms with Crippen molar-refractivity contribution in [3.8, 4) is 23.1 Å². The molecule has 0 saturated heterocycles. The topological polar surface area (TPSA) is 78.9 Å². The minimum Gasteiger partial charge on any atom is -0.493 e. The molecule has 0 aliphatic rings. The van der Waals surface area contributed by atoms with Crippen molar-refractivity contribution in [3.05, 3.63) is 87.1 Å². The molecule has 5 aromatic rings. The van der Waals surface area contributed by atoms with Crippen LogP contribution in [-0.2, 0) is 0 Å². The Balaban J connectivity index is 1.62. The van der Waals surface area contributed by atoms with Gasteiger partial charge in [-0.1, -0.05) is 35.0 Å². The second kappa shape index (κ2) is 9.99. The molecule has 0 N–H and O–H groups in total. The Morgan fingerprint density at radius 1 is 1.11 bits per heavy atom. The molecule has 36 heavy (non-hydrogen) atoms. The van der Waals surface area contributed by atoms with Crippen molar-refractivity contribution in [1.29, 1.82) is 0 Å². The molecule has 1 atom stereocenters. The number of halogens is 1. The van der Waals surface area contributed by atoms with E-state index in [0.717, 1.165) is 21.8 Å². The Morgan fingerprint density at radius 2 is 1.94 bits per heavy atom. The lowest BCUT2D eigenvalue weighted by Crippen LogP contribution is -2.20. The van der Waals surface area contributed by atoms with E-state index in [1.807, 2.05) is 55.5 Å². The number of hydrogen-bond acceptors (Lipinski definition) is 6. The third kappa shape index (κ3) is 4.64. The van der Waals surface area contributed by atoms with Crippen molar-refractivity contribution in [3.63, 3.8) is 0 Å². The molecule has 2 heterocycles. The molecule has 2 aromatic heterocycles. The van der Waals surface area contributed by atoms with Crippen molar-refractivity contribution < 1.29 is 13.9 Å². The predicted molar refractivity (Wildman–Crippen MR) is 145 cm³/mol. The van der Waals surface area contributed by atoms with E-state index in [0.29, 0.717) is 39.6 Å². The summed E-state index contributed by atoms with van der Waals surface area (Å²) in [6.07, 6.45) is 2.54. The Labute approximate surface area is 216 Å². The molecule has 0 bridgehead atoms. The second-order valence-electron chi connectivity index (χ2n) is 8.35. The lowest BCUT2D eigenvalue weighted by atomic mass is 10.2. The van der Waals surface area contributed by atoms with Gasteiger partial charge in [0.2, 0.25) is 5.82 Å². The van der Waals surface area contributed by atoms with E-state index in [2.05, 4.69) is 28.0 Å². The molecule has 7 nitrogen and oxygen atoms in total. The van der Waals surface area contributed by atoms with Gasteiger partial charge >= 0.3 is 0 Å². The molecule has 0 amide bonds. The first-order valence-corrected chi connectivity index (χ1v) is 12.4. The molecular weight excluding hydrogens is 522 g/mol. The van der Waals surface area contributed by atoms with Gasteiger partial charge in [-0.3, -0.25) is 4.79 Å². The molecule has 0 spiro atoms. The van der Waals surface area contributed by atoms with Gasteiger partial charge in [-0.25, -0.2) is 4.98 Å². The summed E-state index contributed by atoms with van der Waals surface area (Å²) in [5, 5.41) is 5.88. The Morgan fingerprint density at radius 3 is 2.75 bits per heavy atom. The van der Waals surface area contributed by atoms with Crippen molar-refractivity contribution in [1.82, 2.24) is 9.66 Å². The zero-order chi connectivity index (χ0) is 25.2. The van der Waals surface area contributed by atoms with Crippen LogP contribution in [0.5, 0.6) is 11.5 Å². The van der Waals surface area contributed by atoms with Crippen molar-refractivity contribution >= 4 is 44.0 Å². The number of ether oxygens (including phenoxy) is 2. The summed E-state index contributed by atoms with van der Waals surface area (Å²) in [5.74, 6) is 2.00. The average Bonchev–Trinajstić information content (AvgIpc) is 3.31. The summed E-state index contributed by atoms with van der Waals surface area (Å²) >= 11 is 3.49. The van der Waals surface area contributed by atoms with Crippen LogP contribution in [0.25, 0.3) is 33.5 Å². The summed E-state index contributed by atoms with van der Waals surface area (Å²) in [6, 6.07) is 20.3. The van der Waals surface area contributed by atoms with Gasteiger partial charge in [0.15, 0.2) is 17.3 Å². The van der Waals surface area contributed by atoms with Crippen LogP contribution < -0.4 is 15.0 Å². The van der Waals surface area contributed by atoms with Gasteiger partial charge < -0.3 is 13.9 Å². The number of fused-ring (bicyclic) bond motifs is 2. The average molecular weight is 546 g/mol. The normalized spacial score (nSPS) is 12.4. The van der Waals surface area contributed by atoms with Gasteiger partial charge in [-0.2, -0.15) is 9.78 Å². The van der Waals surface area contributed by atoms with Crippen LogP contribution in [-0.4, -0.2) is 29.1 Å². The summed E-state index contributed by atoms with van der Waals surface area (Å²) in [6.45, 7) is 4.07. The van der Waals surface area contributed by atoms with Crippen LogP contribution in [0.15, 0.2) is 85.5 Å². The Kier molecular flexibility index (Phi) is 6.61. The molecule has 0 aliphatic heterocycles. The van der Waals surface area contributed by atoms with Gasteiger partial charge in [-0.15, -0.1) is 0 Å². The van der Waals surface area contributed by atoms with Crippen LogP contribution >= 0.6 is 15.9 Å². The third-order valence-electron chi connectivity index (χ3n) is 5.87. The van der Waals surface area contributed by atoms with Crippen LogP contribution in [0.3, 0.4) is 0 Å². The first-order valence-electron chi connectivity index (χ1n) is 11.6. The molecule has 0 fully saturated rings.